The first kappa shape index (κ1) is 13.9. The van der Waals surface area contributed by atoms with Crippen molar-refractivity contribution in [2.24, 2.45) is 7.05 Å². The van der Waals surface area contributed by atoms with Gasteiger partial charge in [-0.25, -0.2) is 9.78 Å². The number of carbonyl (C=O) groups excluding carboxylic acids is 1. The van der Waals surface area contributed by atoms with E-state index in [0.717, 1.165) is 0 Å². The molecule has 0 aliphatic heterocycles. The topological polar surface area (TPSA) is 100 Å². The fourth-order valence-corrected chi connectivity index (χ4v) is 1.42. The molecule has 8 nitrogen and oxygen atoms in total. The summed E-state index contributed by atoms with van der Waals surface area (Å²) in [7, 11) is 1.73. The second-order valence-corrected chi connectivity index (χ2v) is 3.81. The van der Waals surface area contributed by atoms with E-state index in [0.29, 0.717) is 18.8 Å². The molecule has 8 heteroatoms. The number of aromatic nitrogens is 3. The van der Waals surface area contributed by atoms with E-state index in [9.17, 15) is 9.59 Å². The van der Waals surface area contributed by atoms with Gasteiger partial charge in [-0.1, -0.05) is 6.92 Å². The van der Waals surface area contributed by atoms with Gasteiger partial charge in [-0.3, -0.25) is 9.48 Å². The second kappa shape index (κ2) is 6.58. The molecule has 1 heterocycles. The van der Waals surface area contributed by atoms with E-state index in [-0.39, 0.29) is 13.1 Å². The molecule has 2 amide bonds. The third kappa shape index (κ3) is 4.40. The summed E-state index contributed by atoms with van der Waals surface area (Å²) >= 11 is 0. The van der Waals surface area contributed by atoms with Gasteiger partial charge in [0, 0.05) is 13.6 Å². The molecule has 0 aromatic carbocycles. The van der Waals surface area contributed by atoms with Crippen molar-refractivity contribution in [2.75, 3.05) is 13.1 Å². The third-order valence-corrected chi connectivity index (χ3v) is 2.15. The van der Waals surface area contributed by atoms with Gasteiger partial charge in [-0.2, -0.15) is 5.10 Å². The van der Waals surface area contributed by atoms with Crippen LogP contribution in [0.25, 0.3) is 0 Å². The van der Waals surface area contributed by atoms with Crippen LogP contribution in [0.2, 0.25) is 0 Å². The van der Waals surface area contributed by atoms with Crippen molar-refractivity contribution in [1.29, 1.82) is 0 Å². The Kier molecular flexibility index (Phi) is 5.09. The summed E-state index contributed by atoms with van der Waals surface area (Å²) < 4.78 is 1.53. The molecule has 1 rings (SSSR count). The van der Waals surface area contributed by atoms with E-state index < -0.39 is 12.0 Å². The summed E-state index contributed by atoms with van der Waals surface area (Å²) in [5, 5.41) is 15.3. The van der Waals surface area contributed by atoms with Gasteiger partial charge < -0.3 is 15.3 Å². The normalized spacial score (nSPS) is 10.1. The number of carbonyl (C=O) groups is 2. The van der Waals surface area contributed by atoms with Gasteiger partial charge >= 0.3 is 12.0 Å². The minimum Gasteiger partial charge on any atom is -0.480 e. The van der Waals surface area contributed by atoms with Crippen molar-refractivity contribution in [2.45, 2.75) is 19.9 Å². The Labute approximate surface area is 105 Å². The minimum atomic E-state index is -1.03. The molecule has 0 spiro atoms. The Morgan fingerprint density at radius 3 is 2.78 bits per heavy atom. The molecule has 0 atom stereocenters. The maximum Gasteiger partial charge on any atom is 0.323 e. The molecule has 100 valence electrons. The zero-order valence-corrected chi connectivity index (χ0v) is 10.5. The molecular weight excluding hydrogens is 238 g/mol. The van der Waals surface area contributed by atoms with Crippen LogP contribution in [0.3, 0.4) is 0 Å². The quantitative estimate of drug-likeness (QED) is 0.734. The zero-order valence-electron chi connectivity index (χ0n) is 10.5. The molecule has 0 saturated heterocycles. The van der Waals surface area contributed by atoms with E-state index in [4.69, 9.17) is 5.11 Å². The molecule has 1 aromatic heterocycles. The summed E-state index contributed by atoms with van der Waals surface area (Å²) in [5.41, 5.74) is 0. The van der Waals surface area contributed by atoms with Crippen LogP contribution < -0.4 is 5.32 Å². The highest BCUT2D eigenvalue weighted by Gasteiger charge is 2.15. The first-order valence-electron chi connectivity index (χ1n) is 5.62. The average Bonchev–Trinajstić information content (AvgIpc) is 2.71. The molecule has 2 N–H and O–H groups in total. The van der Waals surface area contributed by atoms with Crippen LogP contribution in [0.1, 0.15) is 19.2 Å². The van der Waals surface area contributed by atoms with Gasteiger partial charge in [0.2, 0.25) is 0 Å². The van der Waals surface area contributed by atoms with Crippen molar-refractivity contribution in [1.82, 2.24) is 25.0 Å². The number of urea groups is 1. The molecule has 0 fully saturated rings. The minimum absolute atomic E-state index is 0.180. The number of hydrogen-bond donors (Lipinski definition) is 2. The molecule has 18 heavy (non-hydrogen) atoms. The van der Waals surface area contributed by atoms with Gasteiger partial charge in [0.25, 0.3) is 0 Å². The van der Waals surface area contributed by atoms with Crippen molar-refractivity contribution >= 4 is 12.0 Å². The number of carboxylic acids is 1. The summed E-state index contributed by atoms with van der Waals surface area (Å²) in [6, 6.07) is -0.424. The largest absolute Gasteiger partial charge is 0.480 e. The molecule has 1 aromatic rings. The van der Waals surface area contributed by atoms with Gasteiger partial charge in [-0.05, 0) is 6.42 Å². The fraction of sp³-hybridized carbons (Fsp3) is 0.600. The number of amides is 2. The van der Waals surface area contributed by atoms with Crippen molar-refractivity contribution in [3.05, 3.63) is 12.2 Å². The van der Waals surface area contributed by atoms with Crippen LogP contribution in [0.15, 0.2) is 6.33 Å². The predicted molar refractivity (Wildman–Crippen MR) is 62.7 cm³/mol. The molecule has 0 bridgehead atoms. The number of hydrogen-bond acceptors (Lipinski definition) is 4. The highest BCUT2D eigenvalue weighted by Crippen LogP contribution is 1.94. The Hall–Kier alpha value is -2.12. The van der Waals surface area contributed by atoms with Crippen LogP contribution in [0.4, 0.5) is 4.79 Å². The Morgan fingerprint density at radius 1 is 1.56 bits per heavy atom. The van der Waals surface area contributed by atoms with Gasteiger partial charge in [0.15, 0.2) is 5.82 Å². The lowest BCUT2D eigenvalue weighted by atomic mass is 10.4. The summed E-state index contributed by atoms with van der Waals surface area (Å²) in [6.45, 7) is 2.14. The number of nitrogens with zero attached hydrogens (tertiary/aromatic N) is 4. The lowest BCUT2D eigenvalue weighted by Crippen LogP contribution is -2.43. The van der Waals surface area contributed by atoms with E-state index >= 15 is 0 Å². The lowest BCUT2D eigenvalue weighted by Gasteiger charge is -2.19. The van der Waals surface area contributed by atoms with Crippen molar-refractivity contribution in [3.63, 3.8) is 0 Å². The molecule has 0 unspecified atom stereocenters. The summed E-state index contributed by atoms with van der Waals surface area (Å²) in [5.74, 6) is -0.549. The zero-order chi connectivity index (χ0) is 13.5. The first-order valence-corrected chi connectivity index (χ1v) is 5.62. The fourth-order valence-electron chi connectivity index (χ4n) is 1.42. The summed E-state index contributed by atoms with van der Waals surface area (Å²) in [4.78, 5) is 27.6. The standard InChI is InChI=1S/C10H17N5O3/c1-3-4-15(6-9(16)17)10(18)11-5-8-12-7-14(2)13-8/h7H,3-6H2,1-2H3,(H,11,18)(H,16,17). The van der Waals surface area contributed by atoms with Crippen LogP contribution in [0.5, 0.6) is 0 Å². The number of rotatable bonds is 6. The highest BCUT2D eigenvalue weighted by atomic mass is 16.4. The second-order valence-electron chi connectivity index (χ2n) is 3.81. The average molecular weight is 255 g/mol. The third-order valence-electron chi connectivity index (χ3n) is 2.15. The van der Waals surface area contributed by atoms with Crippen LogP contribution >= 0.6 is 0 Å². The molecule has 0 radical (unpaired) electrons. The Morgan fingerprint density at radius 2 is 2.28 bits per heavy atom. The van der Waals surface area contributed by atoms with Crippen molar-refractivity contribution < 1.29 is 14.7 Å². The number of carboxylic acid groups (broad SMARTS) is 1. The highest BCUT2D eigenvalue weighted by molar-refractivity contribution is 5.79. The number of nitrogens with one attached hydrogen (secondary N) is 1. The van der Waals surface area contributed by atoms with Crippen LogP contribution in [-0.2, 0) is 18.4 Å². The number of aliphatic carboxylic acids is 1. The maximum absolute atomic E-state index is 11.7. The Bertz CT molecular complexity index is 417. The summed E-state index contributed by atoms with van der Waals surface area (Å²) in [6.07, 6.45) is 2.23. The maximum atomic E-state index is 11.7. The number of aryl methyl sites for hydroxylation is 1. The Balaban J connectivity index is 2.48. The lowest BCUT2D eigenvalue weighted by molar-refractivity contribution is -0.137. The van der Waals surface area contributed by atoms with Gasteiger partial charge in [0.1, 0.15) is 12.9 Å². The molecule has 0 saturated carbocycles. The predicted octanol–water partition coefficient (Wildman–Crippen LogP) is -0.179. The van der Waals surface area contributed by atoms with Crippen LogP contribution in [0, 0.1) is 0 Å². The van der Waals surface area contributed by atoms with Gasteiger partial charge in [0.05, 0.1) is 6.54 Å². The van der Waals surface area contributed by atoms with E-state index in [1.54, 1.807) is 7.05 Å². The molecule has 0 aliphatic rings. The molecule has 0 aliphatic carbocycles. The monoisotopic (exact) mass is 255 g/mol. The van der Waals surface area contributed by atoms with E-state index in [2.05, 4.69) is 15.4 Å². The van der Waals surface area contributed by atoms with E-state index in [1.807, 2.05) is 6.92 Å². The van der Waals surface area contributed by atoms with Crippen LogP contribution in [-0.4, -0.2) is 49.9 Å². The first-order chi connectivity index (χ1) is 8.52. The SMILES string of the molecule is CCCN(CC(=O)O)C(=O)NCc1ncn(C)n1. The smallest absolute Gasteiger partial charge is 0.323 e. The van der Waals surface area contributed by atoms with E-state index in [1.165, 1.54) is 15.9 Å². The van der Waals surface area contributed by atoms with Crippen molar-refractivity contribution in [3.8, 4) is 0 Å². The van der Waals surface area contributed by atoms with Gasteiger partial charge in [-0.15, -0.1) is 0 Å². The molecular formula is C10H17N5O3.